The molecule has 7 rings (SSSR count). The lowest BCUT2D eigenvalue weighted by Crippen LogP contribution is -2.58. The molecule has 4 aliphatic rings. The maximum atomic E-state index is 14.4. The van der Waals surface area contributed by atoms with Crippen molar-refractivity contribution in [2.45, 2.75) is 94.2 Å². The molecule has 3 aromatic rings. The van der Waals surface area contributed by atoms with Gasteiger partial charge in [0.05, 0.1) is 11.8 Å². The van der Waals surface area contributed by atoms with Crippen LogP contribution in [0.2, 0.25) is 0 Å². The highest BCUT2D eigenvalue weighted by Crippen LogP contribution is 2.45. The Hall–Kier alpha value is -4.53. The van der Waals surface area contributed by atoms with Crippen LogP contribution in [0.15, 0.2) is 47.5 Å². The zero-order valence-electron chi connectivity index (χ0n) is 27.6. The van der Waals surface area contributed by atoms with Gasteiger partial charge >= 0.3 is 6.01 Å². The highest BCUT2D eigenvalue weighted by atomic mass is 32.2. The number of nitrogens with zero attached hydrogens (tertiary/aromatic N) is 4. The standard InChI is InChI=1S/C34H41N7O7S/c1-4-22-17-34(22,32(44)40-49(45,46)24-11-12-24)37-29(42)26-16-23-18-41(26)31(43)28(19(2)3)36-33-39-38-27(48-33)8-6-5-7-20-9-10-21-13-14-35-30(47-23)25(21)15-20/h4,9-10,13-15,19,22-24,26,28H,1,5-8,11-12,16-18H2,2-3H3,(H,36,39)(H,37,42)(H,40,44)/t22-,23+,26-,28-,34?/m0/s1. The fourth-order valence-electron chi connectivity index (χ4n) is 6.83. The third-order valence-electron chi connectivity index (χ3n) is 9.95. The Morgan fingerprint density at radius 3 is 2.69 bits per heavy atom. The van der Waals surface area contributed by atoms with E-state index in [0.717, 1.165) is 35.6 Å². The van der Waals surface area contributed by atoms with Crippen LogP contribution in [0.3, 0.4) is 0 Å². The Labute approximate surface area is 284 Å². The molecule has 3 N–H and O–H groups in total. The van der Waals surface area contributed by atoms with E-state index >= 15 is 0 Å². The molecule has 1 unspecified atom stereocenters. The number of carbonyl (C=O) groups excluding carboxylic acids is 3. The lowest BCUT2D eigenvalue weighted by molar-refractivity contribution is -0.140. The molecule has 6 bridgehead atoms. The van der Waals surface area contributed by atoms with Crippen LogP contribution in [0, 0.1) is 11.8 Å². The molecule has 1 saturated heterocycles. The Morgan fingerprint density at radius 2 is 1.96 bits per heavy atom. The number of aromatic nitrogens is 3. The zero-order chi connectivity index (χ0) is 34.5. The number of ether oxygens (including phenoxy) is 1. The van der Waals surface area contributed by atoms with Gasteiger partial charge < -0.3 is 24.7 Å². The van der Waals surface area contributed by atoms with Crippen LogP contribution in [0.1, 0.15) is 63.8 Å². The number of anilines is 1. The van der Waals surface area contributed by atoms with Crippen LogP contribution in [0.25, 0.3) is 10.8 Å². The first-order chi connectivity index (χ1) is 23.5. The topological polar surface area (TPSA) is 186 Å². The van der Waals surface area contributed by atoms with Crippen molar-refractivity contribution < 1.29 is 32.0 Å². The lowest BCUT2D eigenvalue weighted by Gasteiger charge is -2.30. The van der Waals surface area contributed by atoms with Crippen LogP contribution in [-0.4, -0.2) is 81.7 Å². The van der Waals surface area contributed by atoms with Gasteiger partial charge in [0.25, 0.3) is 5.91 Å². The molecule has 3 amide bonds. The second-order valence-corrected chi connectivity index (χ2v) is 15.9. The molecule has 0 radical (unpaired) electrons. The van der Waals surface area contributed by atoms with Crippen LogP contribution in [0.5, 0.6) is 5.88 Å². The number of sulfonamides is 1. The van der Waals surface area contributed by atoms with E-state index in [2.05, 4.69) is 49.2 Å². The summed E-state index contributed by atoms with van der Waals surface area (Å²) in [5.41, 5.74) is -0.377. The zero-order valence-corrected chi connectivity index (χ0v) is 28.4. The maximum Gasteiger partial charge on any atom is 0.316 e. The van der Waals surface area contributed by atoms with Gasteiger partial charge in [-0.25, -0.2) is 13.4 Å². The number of carbonyl (C=O) groups is 3. The summed E-state index contributed by atoms with van der Waals surface area (Å²) in [6.45, 7) is 7.58. The lowest BCUT2D eigenvalue weighted by atomic mass is 10.0. The summed E-state index contributed by atoms with van der Waals surface area (Å²) in [5, 5.41) is 15.4. The van der Waals surface area contributed by atoms with Crippen molar-refractivity contribution in [1.82, 2.24) is 30.1 Å². The van der Waals surface area contributed by atoms with Crippen molar-refractivity contribution in [2.75, 3.05) is 11.9 Å². The molecule has 1 aromatic carbocycles. The van der Waals surface area contributed by atoms with Gasteiger partial charge in [-0.2, -0.15) is 0 Å². The van der Waals surface area contributed by atoms with E-state index in [0.29, 0.717) is 31.0 Å². The van der Waals surface area contributed by atoms with Crippen molar-refractivity contribution in [3.8, 4) is 5.88 Å². The van der Waals surface area contributed by atoms with Gasteiger partial charge in [0.1, 0.15) is 23.7 Å². The molecule has 15 heteroatoms. The van der Waals surface area contributed by atoms with Crippen molar-refractivity contribution >= 4 is 44.5 Å². The quantitative estimate of drug-likeness (QED) is 0.310. The second kappa shape index (κ2) is 12.7. The molecule has 2 saturated carbocycles. The second-order valence-electron chi connectivity index (χ2n) is 13.9. The maximum absolute atomic E-state index is 14.4. The molecule has 5 atom stereocenters. The molecule has 260 valence electrons. The number of pyridine rings is 1. The van der Waals surface area contributed by atoms with Gasteiger partial charge in [-0.3, -0.25) is 19.1 Å². The van der Waals surface area contributed by atoms with Crippen molar-refractivity contribution in [1.29, 1.82) is 0 Å². The monoisotopic (exact) mass is 691 g/mol. The normalized spacial score (nSPS) is 27.2. The average Bonchev–Trinajstić information content (AvgIpc) is 3.96. The Bertz CT molecular complexity index is 1910. The SMILES string of the molecule is C=C[C@H]1CC1(NC(=O)[C@@H]1C[C@@H]2CN1C(=O)[C@H](C(C)C)Nc1nnc(o1)CCCCc1ccc3ccnc(c3c1)O2)C(=O)NS(=O)(=O)C1CC1. The predicted molar refractivity (Wildman–Crippen MR) is 179 cm³/mol. The molecule has 0 spiro atoms. The molecule has 49 heavy (non-hydrogen) atoms. The van der Waals surface area contributed by atoms with E-state index in [1.54, 1.807) is 6.20 Å². The summed E-state index contributed by atoms with van der Waals surface area (Å²) in [5.74, 6) is -1.63. The third kappa shape index (κ3) is 6.59. The molecule has 4 heterocycles. The molecule has 2 aliphatic heterocycles. The fourth-order valence-corrected chi connectivity index (χ4v) is 8.20. The predicted octanol–water partition coefficient (Wildman–Crippen LogP) is 2.65. The molecular formula is C34H41N7O7S. The number of hydrogen-bond donors (Lipinski definition) is 3. The Balaban J connectivity index is 1.21. The Morgan fingerprint density at radius 1 is 1.16 bits per heavy atom. The molecule has 2 aromatic heterocycles. The van der Waals surface area contributed by atoms with Crippen LogP contribution in [0.4, 0.5) is 6.01 Å². The van der Waals surface area contributed by atoms with E-state index < -0.39 is 56.7 Å². The number of amides is 3. The van der Waals surface area contributed by atoms with E-state index in [4.69, 9.17) is 9.15 Å². The van der Waals surface area contributed by atoms with Crippen LogP contribution >= 0.6 is 0 Å². The summed E-state index contributed by atoms with van der Waals surface area (Å²) in [6, 6.07) is 6.32. The number of benzene rings is 1. The summed E-state index contributed by atoms with van der Waals surface area (Å²) >= 11 is 0. The largest absolute Gasteiger partial charge is 0.472 e. The Kier molecular flexibility index (Phi) is 8.57. The van der Waals surface area contributed by atoms with E-state index in [1.807, 2.05) is 26.0 Å². The average molecular weight is 692 g/mol. The highest BCUT2D eigenvalue weighted by Gasteiger charge is 2.62. The molecule has 2 aliphatic carbocycles. The number of fused-ring (bicyclic) bond motifs is 5. The van der Waals surface area contributed by atoms with Crippen molar-refractivity contribution in [3.05, 3.63) is 54.6 Å². The number of rotatable bonds is 7. The van der Waals surface area contributed by atoms with Gasteiger partial charge in [0.2, 0.25) is 33.6 Å². The van der Waals surface area contributed by atoms with E-state index in [9.17, 15) is 22.8 Å². The van der Waals surface area contributed by atoms with Gasteiger partial charge in [-0.1, -0.05) is 37.2 Å². The van der Waals surface area contributed by atoms with Gasteiger partial charge in [0, 0.05) is 30.3 Å². The number of hydrogen-bond acceptors (Lipinski definition) is 11. The van der Waals surface area contributed by atoms with Gasteiger partial charge in [0.15, 0.2) is 0 Å². The van der Waals surface area contributed by atoms with E-state index in [-0.39, 0.29) is 37.2 Å². The summed E-state index contributed by atoms with van der Waals surface area (Å²) < 4.78 is 39.8. The minimum Gasteiger partial charge on any atom is -0.472 e. The fraction of sp³-hybridized carbons (Fsp3) is 0.529. The first kappa shape index (κ1) is 33.0. The summed E-state index contributed by atoms with van der Waals surface area (Å²) in [4.78, 5) is 48.0. The summed E-state index contributed by atoms with van der Waals surface area (Å²) in [7, 11) is -3.86. The minimum absolute atomic E-state index is 0.0643. The van der Waals surface area contributed by atoms with Gasteiger partial charge in [-0.05, 0) is 67.5 Å². The van der Waals surface area contributed by atoms with Crippen LogP contribution < -0.4 is 20.1 Å². The first-order valence-electron chi connectivity index (χ1n) is 16.9. The van der Waals surface area contributed by atoms with Crippen molar-refractivity contribution in [3.63, 3.8) is 0 Å². The third-order valence-corrected chi connectivity index (χ3v) is 11.8. The van der Waals surface area contributed by atoms with Gasteiger partial charge in [-0.15, -0.1) is 11.7 Å². The number of aryl methyl sites for hydroxylation is 2. The van der Waals surface area contributed by atoms with E-state index in [1.165, 1.54) is 11.0 Å². The highest BCUT2D eigenvalue weighted by molar-refractivity contribution is 7.91. The number of nitrogens with one attached hydrogen (secondary N) is 3. The van der Waals surface area contributed by atoms with Crippen LogP contribution in [-0.2, 0) is 37.2 Å². The first-order valence-corrected chi connectivity index (χ1v) is 18.5. The molecular weight excluding hydrogens is 650 g/mol. The molecule has 3 fully saturated rings. The van der Waals surface area contributed by atoms with Crippen molar-refractivity contribution in [2.24, 2.45) is 11.8 Å². The molecule has 14 nitrogen and oxygen atoms in total. The smallest absolute Gasteiger partial charge is 0.316 e. The minimum atomic E-state index is -3.86. The summed E-state index contributed by atoms with van der Waals surface area (Å²) in [6.07, 6.45) is 6.98.